The van der Waals surface area contributed by atoms with E-state index < -0.39 is 23.9 Å². The number of hydrogen-bond acceptors (Lipinski definition) is 12. The Labute approximate surface area is 269 Å². The summed E-state index contributed by atoms with van der Waals surface area (Å²) < 4.78 is 39.3. The number of benzene rings is 2. The third kappa shape index (κ3) is 8.94. The van der Waals surface area contributed by atoms with Crippen molar-refractivity contribution < 1.29 is 47.5 Å². The van der Waals surface area contributed by atoms with Crippen LogP contribution in [0.1, 0.15) is 63.2 Å². The predicted molar refractivity (Wildman–Crippen MR) is 169 cm³/mol. The molecule has 0 aliphatic carbocycles. The Morgan fingerprint density at radius 2 is 1.39 bits per heavy atom. The zero-order chi connectivity index (χ0) is 33.1. The largest absolute Gasteiger partial charge is 0.493 e. The molecule has 2 aliphatic heterocycles. The summed E-state index contributed by atoms with van der Waals surface area (Å²) in [5.74, 6) is -0.424. The maximum absolute atomic E-state index is 13.4. The van der Waals surface area contributed by atoms with Gasteiger partial charge in [0.15, 0.2) is 23.0 Å². The van der Waals surface area contributed by atoms with Gasteiger partial charge in [-0.3, -0.25) is 4.79 Å². The molecule has 2 N–H and O–H groups in total. The van der Waals surface area contributed by atoms with Gasteiger partial charge in [-0.2, -0.15) is 0 Å². The third-order valence-electron chi connectivity index (χ3n) is 8.16. The summed E-state index contributed by atoms with van der Waals surface area (Å²) in [6.45, 7) is 5.80. The van der Waals surface area contributed by atoms with Crippen molar-refractivity contribution in [3.8, 4) is 28.7 Å². The van der Waals surface area contributed by atoms with Gasteiger partial charge < -0.3 is 48.7 Å². The van der Waals surface area contributed by atoms with Gasteiger partial charge in [-0.25, -0.2) is 9.59 Å². The van der Waals surface area contributed by atoms with Crippen LogP contribution in [0.15, 0.2) is 24.3 Å². The summed E-state index contributed by atoms with van der Waals surface area (Å²) in [4.78, 5) is 43.2. The molecular formula is C33H45N3O10. The molecule has 46 heavy (non-hydrogen) atoms. The van der Waals surface area contributed by atoms with Gasteiger partial charge in [-0.05, 0) is 69.5 Å². The molecule has 1 amide bonds. The summed E-state index contributed by atoms with van der Waals surface area (Å²) in [6.07, 6.45) is 2.92. The van der Waals surface area contributed by atoms with E-state index in [0.717, 1.165) is 45.7 Å². The number of rotatable bonds is 7. The lowest BCUT2D eigenvalue weighted by Gasteiger charge is -2.25. The average molecular weight is 644 g/mol. The first-order chi connectivity index (χ1) is 22.3. The van der Waals surface area contributed by atoms with Crippen LogP contribution in [-0.2, 0) is 9.47 Å². The highest BCUT2D eigenvalue weighted by Gasteiger charge is 2.25. The molecule has 1 fully saturated rings. The van der Waals surface area contributed by atoms with E-state index in [1.54, 1.807) is 12.1 Å². The molecule has 2 heterocycles. The van der Waals surface area contributed by atoms with E-state index in [9.17, 15) is 14.4 Å². The molecule has 252 valence electrons. The highest BCUT2D eigenvalue weighted by atomic mass is 16.6. The van der Waals surface area contributed by atoms with E-state index in [4.69, 9.17) is 38.9 Å². The molecule has 2 aromatic rings. The van der Waals surface area contributed by atoms with Gasteiger partial charge in [0, 0.05) is 26.2 Å². The number of methoxy groups -OCH3 is 4. The molecule has 0 aromatic heterocycles. The number of hydrogen-bond donors (Lipinski definition) is 1. The monoisotopic (exact) mass is 643 g/mol. The summed E-state index contributed by atoms with van der Waals surface area (Å²) in [6, 6.07) is 6.00. The number of carbonyl (C=O) groups is 3. The van der Waals surface area contributed by atoms with Crippen molar-refractivity contribution in [1.29, 1.82) is 0 Å². The Hall–Kier alpha value is -4.23. The van der Waals surface area contributed by atoms with Gasteiger partial charge in [0.25, 0.3) is 5.91 Å². The van der Waals surface area contributed by atoms with Crippen LogP contribution in [0.2, 0.25) is 0 Å². The van der Waals surface area contributed by atoms with Crippen molar-refractivity contribution in [2.45, 2.75) is 38.2 Å². The fourth-order valence-corrected chi connectivity index (χ4v) is 5.73. The molecule has 2 aliphatic rings. The summed E-state index contributed by atoms with van der Waals surface area (Å²) in [7, 11) is 5.79. The molecule has 4 bridgehead atoms. The van der Waals surface area contributed by atoms with E-state index in [2.05, 4.69) is 9.80 Å². The summed E-state index contributed by atoms with van der Waals surface area (Å²) in [5, 5.41) is 0. The molecule has 4 rings (SSSR count). The smallest absolute Gasteiger partial charge is 0.338 e. The lowest BCUT2D eigenvalue weighted by molar-refractivity contribution is 0.0221. The summed E-state index contributed by atoms with van der Waals surface area (Å²) >= 11 is 0. The lowest BCUT2D eigenvalue weighted by Crippen LogP contribution is -2.34. The van der Waals surface area contributed by atoms with Crippen molar-refractivity contribution >= 4 is 17.8 Å². The van der Waals surface area contributed by atoms with Crippen molar-refractivity contribution in [3.63, 3.8) is 0 Å². The lowest BCUT2D eigenvalue weighted by atomic mass is 10.1. The maximum atomic E-state index is 13.4. The van der Waals surface area contributed by atoms with Crippen LogP contribution in [0, 0.1) is 0 Å². The topological polar surface area (TPSA) is 148 Å². The number of nitrogens with two attached hydrogens (primary N) is 1. The Balaban J connectivity index is 1.56. The van der Waals surface area contributed by atoms with E-state index in [0.29, 0.717) is 55.1 Å². The Bertz CT molecular complexity index is 1370. The van der Waals surface area contributed by atoms with Crippen LogP contribution in [-0.4, -0.2) is 115 Å². The molecule has 1 saturated heterocycles. The van der Waals surface area contributed by atoms with Crippen molar-refractivity contribution in [3.05, 3.63) is 41.0 Å². The third-order valence-corrected chi connectivity index (χ3v) is 8.16. The Morgan fingerprint density at radius 3 is 2.07 bits per heavy atom. The van der Waals surface area contributed by atoms with Crippen LogP contribution in [0.3, 0.4) is 0 Å². The van der Waals surface area contributed by atoms with Gasteiger partial charge in [0.05, 0.1) is 58.3 Å². The number of carbonyl (C=O) groups excluding carboxylic acids is 3. The second-order valence-electron chi connectivity index (χ2n) is 11.2. The molecule has 0 spiro atoms. The van der Waals surface area contributed by atoms with Gasteiger partial charge in [-0.1, -0.05) is 0 Å². The first kappa shape index (κ1) is 34.6. The molecule has 0 saturated carbocycles. The molecule has 2 aromatic carbocycles. The molecule has 13 heteroatoms. The second kappa shape index (κ2) is 16.9. The van der Waals surface area contributed by atoms with Crippen LogP contribution >= 0.6 is 0 Å². The predicted octanol–water partition coefficient (Wildman–Crippen LogP) is 3.16. The average Bonchev–Trinajstić information content (AvgIpc) is 3.30. The molecule has 3 atom stereocenters. The van der Waals surface area contributed by atoms with E-state index in [1.165, 1.54) is 40.6 Å². The van der Waals surface area contributed by atoms with Crippen molar-refractivity contribution in [1.82, 2.24) is 9.80 Å². The second-order valence-corrected chi connectivity index (χ2v) is 11.2. The van der Waals surface area contributed by atoms with Gasteiger partial charge >= 0.3 is 11.9 Å². The maximum Gasteiger partial charge on any atom is 0.338 e. The fraction of sp³-hybridized carbons (Fsp3) is 0.545. The highest BCUT2D eigenvalue weighted by molar-refractivity contribution is 6.00. The van der Waals surface area contributed by atoms with E-state index in [1.807, 2.05) is 0 Å². The van der Waals surface area contributed by atoms with Gasteiger partial charge in [0.1, 0.15) is 6.10 Å². The number of primary amides is 1. The number of amides is 1. The molecule has 0 radical (unpaired) electrons. The number of nitrogens with zero attached hydrogens (tertiary/aromatic N) is 2. The number of cyclic esters (lactones) is 1. The Kier molecular flexibility index (Phi) is 12.7. The zero-order valence-electron chi connectivity index (χ0n) is 27.1. The first-order valence-electron chi connectivity index (χ1n) is 15.5. The van der Waals surface area contributed by atoms with Crippen LogP contribution in [0.25, 0.3) is 0 Å². The summed E-state index contributed by atoms with van der Waals surface area (Å²) in [5.41, 5.74) is 6.01. The van der Waals surface area contributed by atoms with Crippen LogP contribution in [0.4, 0.5) is 0 Å². The number of fused-ring (bicyclic) bond motifs is 5. The normalized spacial score (nSPS) is 21.2. The quantitative estimate of drug-likeness (QED) is 0.442. The van der Waals surface area contributed by atoms with Gasteiger partial charge in [-0.15, -0.1) is 0 Å². The van der Waals surface area contributed by atoms with Crippen LogP contribution in [0.5, 0.6) is 28.7 Å². The minimum atomic E-state index is -0.756. The zero-order valence-corrected chi connectivity index (χ0v) is 27.1. The Morgan fingerprint density at radius 1 is 0.739 bits per heavy atom. The fourth-order valence-electron chi connectivity index (χ4n) is 5.73. The standard InChI is InChI=1S/C33H45N3O10/c1-40-26-19-22(18-25(31(34)37)29(26)42-3)33(39)46-24-8-5-16-44-28-21-23(20-27(41-2)30(28)43-4)32(38)45-17-7-12-35-10-6-11-36(13-9-24)15-14-35/h18-21,24H,5-17H2,1-4H3,(H2,34,37). The first-order valence-corrected chi connectivity index (χ1v) is 15.5. The number of esters is 2. The van der Waals surface area contributed by atoms with Gasteiger partial charge in [0.2, 0.25) is 5.75 Å². The molecule has 13 nitrogen and oxygen atoms in total. The number of ether oxygens (including phenoxy) is 7. The van der Waals surface area contributed by atoms with Crippen molar-refractivity contribution in [2.75, 3.05) is 80.9 Å². The van der Waals surface area contributed by atoms with E-state index in [-0.39, 0.29) is 29.2 Å². The van der Waals surface area contributed by atoms with Crippen LogP contribution < -0.4 is 29.4 Å². The minimum Gasteiger partial charge on any atom is -0.493 e. The van der Waals surface area contributed by atoms with Crippen molar-refractivity contribution in [2.24, 2.45) is 5.73 Å². The molecular weight excluding hydrogens is 598 g/mol. The van der Waals surface area contributed by atoms with E-state index >= 15 is 0 Å². The highest BCUT2D eigenvalue weighted by Crippen LogP contribution is 2.39. The SMILES string of the molecule is COc1cc2cc(c1OC)OCCCC(OC(=O)c1cc(OC)c(OC)c(C(N)=O)c1)CCN1CCCN(CCCOC2=O)CC1. The molecule has 3 unspecified atom stereocenters. The minimum absolute atomic E-state index is 0.0207.